The lowest BCUT2D eigenvalue weighted by molar-refractivity contribution is 0.232. The maximum absolute atomic E-state index is 8.28. The van der Waals surface area contributed by atoms with E-state index in [-0.39, 0.29) is 12.0 Å². The zero-order valence-corrected chi connectivity index (χ0v) is 6.04. The molecule has 1 fully saturated rings. The number of hydrogen-bond donors (Lipinski definition) is 3. The first kappa shape index (κ1) is 7.34. The zero-order chi connectivity index (χ0) is 7.56. The molecule has 0 aromatic rings. The van der Waals surface area contributed by atoms with Crippen molar-refractivity contribution in [2.24, 2.45) is 16.6 Å². The smallest absolute Gasteiger partial charge is 0.213 e. The molecule has 4 nitrogen and oxygen atoms in total. The van der Waals surface area contributed by atoms with Crippen LogP contribution >= 0.6 is 0 Å². The zero-order valence-electron chi connectivity index (χ0n) is 6.04. The molecule has 0 radical (unpaired) electrons. The molecule has 1 rings (SSSR count). The van der Waals surface area contributed by atoms with Crippen LogP contribution in [0.15, 0.2) is 4.99 Å². The number of rotatable bonds is 2. The van der Waals surface area contributed by atoms with E-state index in [9.17, 15) is 0 Å². The fraction of sp³-hybridized carbons (Fsp3) is 0.833. The third-order valence-electron chi connectivity index (χ3n) is 1.76. The Kier molecular flexibility index (Phi) is 2.11. The fourth-order valence-corrected chi connectivity index (χ4v) is 0.932. The number of nitrogens with zero attached hydrogens (tertiary/aromatic N) is 1. The van der Waals surface area contributed by atoms with E-state index in [2.05, 4.69) is 4.99 Å². The average Bonchev–Trinajstić information content (AvgIpc) is 2.68. The lowest BCUT2D eigenvalue weighted by atomic mass is 10.2. The van der Waals surface area contributed by atoms with Crippen LogP contribution in [0.4, 0.5) is 0 Å². The van der Waals surface area contributed by atoms with Crippen molar-refractivity contribution in [3.05, 3.63) is 0 Å². The molecular weight excluding hydrogens is 130 g/mol. The molecule has 0 aromatic carbocycles. The summed E-state index contributed by atoms with van der Waals surface area (Å²) < 4.78 is 0. The Bertz CT molecular complexity index is 142. The Morgan fingerprint density at radius 2 is 2.40 bits per heavy atom. The lowest BCUT2D eigenvalue weighted by Crippen LogP contribution is -2.30. The number of guanidine groups is 1. The van der Waals surface area contributed by atoms with Gasteiger partial charge >= 0.3 is 0 Å². The first-order valence-corrected chi connectivity index (χ1v) is 3.47. The van der Waals surface area contributed by atoms with Crippen molar-refractivity contribution in [1.82, 2.24) is 5.48 Å². The van der Waals surface area contributed by atoms with Gasteiger partial charge in [-0.05, 0) is 25.7 Å². The Morgan fingerprint density at radius 1 is 1.80 bits per heavy atom. The van der Waals surface area contributed by atoms with Crippen LogP contribution in [0.25, 0.3) is 0 Å². The molecule has 4 heteroatoms. The third-order valence-corrected chi connectivity index (χ3v) is 1.76. The summed E-state index contributed by atoms with van der Waals surface area (Å²) in [5.41, 5.74) is 7.03. The Hall–Kier alpha value is -0.770. The van der Waals surface area contributed by atoms with E-state index in [4.69, 9.17) is 10.9 Å². The van der Waals surface area contributed by atoms with Gasteiger partial charge in [0.05, 0.1) is 6.04 Å². The van der Waals surface area contributed by atoms with E-state index in [1.165, 1.54) is 12.8 Å². The molecule has 0 saturated heterocycles. The molecule has 1 saturated carbocycles. The minimum atomic E-state index is 0.111. The van der Waals surface area contributed by atoms with Gasteiger partial charge in [-0.1, -0.05) is 0 Å². The van der Waals surface area contributed by atoms with Gasteiger partial charge < -0.3 is 5.73 Å². The summed E-state index contributed by atoms with van der Waals surface area (Å²) in [6.07, 6.45) is 2.48. The highest BCUT2D eigenvalue weighted by Crippen LogP contribution is 2.33. The normalized spacial score (nSPS) is 22.4. The van der Waals surface area contributed by atoms with E-state index >= 15 is 0 Å². The predicted octanol–water partition coefficient (Wildman–Crippen LogP) is 0.0784. The van der Waals surface area contributed by atoms with Crippen LogP contribution in [0.5, 0.6) is 0 Å². The van der Waals surface area contributed by atoms with Gasteiger partial charge in [0.1, 0.15) is 0 Å². The van der Waals surface area contributed by atoms with Crippen LogP contribution < -0.4 is 11.2 Å². The molecule has 0 heterocycles. The maximum Gasteiger partial charge on any atom is 0.213 e. The van der Waals surface area contributed by atoms with Crippen LogP contribution in [-0.2, 0) is 0 Å². The van der Waals surface area contributed by atoms with Gasteiger partial charge in [0.2, 0.25) is 5.96 Å². The van der Waals surface area contributed by atoms with Gasteiger partial charge in [0, 0.05) is 0 Å². The second kappa shape index (κ2) is 2.88. The second-order valence-electron chi connectivity index (χ2n) is 2.70. The fourth-order valence-electron chi connectivity index (χ4n) is 0.932. The van der Waals surface area contributed by atoms with Crippen LogP contribution in [0, 0.1) is 5.92 Å². The van der Waals surface area contributed by atoms with Crippen molar-refractivity contribution in [1.29, 1.82) is 0 Å². The average molecular weight is 143 g/mol. The van der Waals surface area contributed by atoms with Gasteiger partial charge in [0.25, 0.3) is 0 Å². The first-order valence-electron chi connectivity index (χ1n) is 3.47. The maximum atomic E-state index is 8.28. The van der Waals surface area contributed by atoms with E-state index in [1.54, 1.807) is 5.48 Å². The van der Waals surface area contributed by atoms with Gasteiger partial charge in [-0.25, -0.2) is 10.5 Å². The van der Waals surface area contributed by atoms with E-state index in [0.717, 1.165) is 0 Å². The molecule has 58 valence electrons. The van der Waals surface area contributed by atoms with Gasteiger partial charge in [-0.15, -0.1) is 0 Å². The van der Waals surface area contributed by atoms with Crippen LogP contribution in [0.3, 0.4) is 0 Å². The van der Waals surface area contributed by atoms with E-state index in [1.807, 2.05) is 6.92 Å². The summed E-state index contributed by atoms with van der Waals surface area (Å²) in [5.74, 6) is 0.797. The standard InChI is InChI=1S/C6H13N3O/c1-4(5-2-3-5)8-6(7)9-10/h4-5,10H,2-3H2,1H3,(H3,7,8,9). The van der Waals surface area contributed by atoms with Crippen molar-refractivity contribution in [3.63, 3.8) is 0 Å². The van der Waals surface area contributed by atoms with E-state index in [0.29, 0.717) is 5.92 Å². The van der Waals surface area contributed by atoms with E-state index < -0.39 is 0 Å². The summed E-state index contributed by atoms with van der Waals surface area (Å²) >= 11 is 0. The second-order valence-corrected chi connectivity index (χ2v) is 2.70. The van der Waals surface area contributed by atoms with Gasteiger partial charge in [-0.3, -0.25) is 5.21 Å². The first-order chi connectivity index (χ1) is 4.74. The topological polar surface area (TPSA) is 70.6 Å². The highest BCUT2D eigenvalue weighted by Gasteiger charge is 2.27. The van der Waals surface area contributed by atoms with Crippen molar-refractivity contribution < 1.29 is 5.21 Å². The number of nitrogens with two attached hydrogens (primary N) is 1. The summed E-state index contributed by atoms with van der Waals surface area (Å²) in [6, 6.07) is 0.250. The van der Waals surface area contributed by atoms with Crippen LogP contribution in [-0.4, -0.2) is 17.2 Å². The molecule has 0 amide bonds. The Balaban J connectivity index is 2.33. The molecule has 1 atom stereocenters. The van der Waals surface area contributed by atoms with Crippen molar-refractivity contribution >= 4 is 5.96 Å². The monoisotopic (exact) mass is 143 g/mol. The molecule has 0 aromatic heterocycles. The molecule has 4 N–H and O–H groups in total. The van der Waals surface area contributed by atoms with Crippen LogP contribution in [0.2, 0.25) is 0 Å². The number of hydrogen-bond acceptors (Lipinski definition) is 2. The van der Waals surface area contributed by atoms with Crippen molar-refractivity contribution in [2.45, 2.75) is 25.8 Å². The summed E-state index contributed by atoms with van der Waals surface area (Å²) in [6.45, 7) is 2.00. The van der Waals surface area contributed by atoms with Gasteiger partial charge in [-0.2, -0.15) is 0 Å². The molecule has 1 unspecified atom stereocenters. The minimum absolute atomic E-state index is 0.111. The summed E-state index contributed by atoms with van der Waals surface area (Å²) in [4.78, 5) is 3.99. The molecule has 1 aliphatic rings. The molecular formula is C6H13N3O. The molecule has 10 heavy (non-hydrogen) atoms. The third kappa shape index (κ3) is 1.88. The van der Waals surface area contributed by atoms with Gasteiger partial charge in [0.15, 0.2) is 0 Å². The Morgan fingerprint density at radius 3 is 2.80 bits per heavy atom. The highest BCUT2D eigenvalue weighted by atomic mass is 16.5. The summed E-state index contributed by atoms with van der Waals surface area (Å²) in [7, 11) is 0. The quantitative estimate of drug-likeness (QED) is 0.291. The lowest BCUT2D eigenvalue weighted by Gasteiger charge is -2.03. The minimum Gasteiger partial charge on any atom is -0.368 e. The molecule has 0 bridgehead atoms. The number of nitrogens with one attached hydrogen (secondary N) is 1. The van der Waals surface area contributed by atoms with Crippen LogP contribution in [0.1, 0.15) is 19.8 Å². The predicted molar refractivity (Wildman–Crippen MR) is 38.7 cm³/mol. The number of hydroxylamine groups is 1. The molecule has 1 aliphatic carbocycles. The van der Waals surface area contributed by atoms with Crippen molar-refractivity contribution in [2.75, 3.05) is 0 Å². The molecule has 0 spiro atoms. The highest BCUT2D eigenvalue weighted by molar-refractivity contribution is 5.76. The molecule has 0 aliphatic heterocycles. The van der Waals surface area contributed by atoms with Crippen molar-refractivity contribution in [3.8, 4) is 0 Å². The SMILES string of the molecule is CC(N=C(N)NO)C1CC1. The number of aliphatic imine (C=N–C) groups is 1. The summed E-state index contributed by atoms with van der Waals surface area (Å²) in [5, 5.41) is 8.28. The Labute approximate surface area is 60.1 Å². The largest absolute Gasteiger partial charge is 0.368 e.